The summed E-state index contributed by atoms with van der Waals surface area (Å²) in [7, 11) is 0. The molecule has 0 unspecified atom stereocenters. The number of carbonyl (C=O) groups is 2. The Balaban J connectivity index is 1.31. The predicted molar refractivity (Wildman–Crippen MR) is 126 cm³/mol. The summed E-state index contributed by atoms with van der Waals surface area (Å²) in [5, 5.41) is 2.75. The van der Waals surface area contributed by atoms with Crippen molar-refractivity contribution in [2.45, 2.75) is 6.54 Å². The van der Waals surface area contributed by atoms with Crippen LogP contribution in [0.2, 0.25) is 0 Å². The lowest BCUT2D eigenvalue weighted by Crippen LogP contribution is -2.48. The van der Waals surface area contributed by atoms with Crippen LogP contribution in [0.3, 0.4) is 0 Å². The molecule has 3 heterocycles. The summed E-state index contributed by atoms with van der Waals surface area (Å²) in [4.78, 5) is 34.2. The van der Waals surface area contributed by atoms with Crippen LogP contribution < -0.4 is 10.2 Å². The van der Waals surface area contributed by atoms with Gasteiger partial charge in [-0.25, -0.2) is 9.37 Å². The normalized spacial score (nSPS) is 13.6. The number of hydrogen-bond acceptors (Lipinski definition) is 6. The number of rotatable bonds is 6. The number of benzene rings is 2. The minimum absolute atomic E-state index is 0.0953. The molecule has 5 rings (SSSR count). The third-order valence-corrected chi connectivity index (χ3v) is 5.95. The van der Waals surface area contributed by atoms with Gasteiger partial charge in [0.2, 0.25) is 0 Å². The molecule has 35 heavy (non-hydrogen) atoms. The van der Waals surface area contributed by atoms with Crippen LogP contribution in [0.5, 0.6) is 0 Å². The Morgan fingerprint density at radius 1 is 0.943 bits per heavy atom. The van der Waals surface area contributed by atoms with E-state index in [-0.39, 0.29) is 29.7 Å². The van der Waals surface area contributed by atoms with Crippen LogP contribution in [0.4, 0.5) is 10.1 Å². The van der Waals surface area contributed by atoms with Gasteiger partial charge >= 0.3 is 0 Å². The number of amides is 2. The topological polar surface area (TPSA) is 91.8 Å². The van der Waals surface area contributed by atoms with Gasteiger partial charge < -0.3 is 24.0 Å². The first-order chi connectivity index (χ1) is 17.1. The molecule has 1 saturated heterocycles. The zero-order valence-corrected chi connectivity index (χ0v) is 18.8. The number of nitrogens with zero attached hydrogens (tertiary/aromatic N) is 3. The Kier molecular flexibility index (Phi) is 6.30. The first kappa shape index (κ1) is 22.4. The van der Waals surface area contributed by atoms with Gasteiger partial charge in [0, 0.05) is 37.4 Å². The number of hydrogen-bond donors (Lipinski definition) is 1. The van der Waals surface area contributed by atoms with Crippen molar-refractivity contribution in [3.8, 4) is 11.3 Å². The van der Waals surface area contributed by atoms with Crippen LogP contribution in [0.25, 0.3) is 11.3 Å². The van der Waals surface area contributed by atoms with Crippen LogP contribution >= 0.6 is 0 Å². The maximum absolute atomic E-state index is 13.4. The van der Waals surface area contributed by atoms with E-state index in [0.29, 0.717) is 43.1 Å². The lowest BCUT2D eigenvalue weighted by atomic mass is 10.0. The molecule has 0 aliphatic carbocycles. The molecule has 0 atom stereocenters. The molecule has 1 aliphatic heterocycles. The molecular weight excluding hydrogens is 451 g/mol. The molecule has 0 radical (unpaired) electrons. The lowest BCUT2D eigenvalue weighted by Gasteiger charge is -2.36. The second kappa shape index (κ2) is 9.84. The van der Waals surface area contributed by atoms with E-state index in [1.165, 1.54) is 24.8 Å². The summed E-state index contributed by atoms with van der Waals surface area (Å²) < 4.78 is 24.0. The Morgan fingerprint density at radius 2 is 1.71 bits per heavy atom. The zero-order chi connectivity index (χ0) is 24.2. The zero-order valence-electron chi connectivity index (χ0n) is 18.8. The van der Waals surface area contributed by atoms with E-state index < -0.39 is 5.91 Å². The Hall–Kier alpha value is -4.40. The van der Waals surface area contributed by atoms with Crippen LogP contribution in [0.15, 0.2) is 82.2 Å². The fourth-order valence-electron chi connectivity index (χ4n) is 4.12. The van der Waals surface area contributed by atoms with E-state index in [1.807, 2.05) is 0 Å². The fraction of sp³-hybridized carbons (Fsp3) is 0.192. The Labute approximate surface area is 201 Å². The van der Waals surface area contributed by atoms with Gasteiger partial charge in [-0.2, -0.15) is 0 Å². The number of halogens is 1. The highest BCUT2D eigenvalue weighted by molar-refractivity contribution is 6.04. The average Bonchev–Trinajstić information content (AvgIpc) is 3.60. The van der Waals surface area contributed by atoms with E-state index in [0.717, 1.165) is 5.69 Å². The Bertz CT molecular complexity index is 1310. The van der Waals surface area contributed by atoms with E-state index in [9.17, 15) is 14.0 Å². The van der Waals surface area contributed by atoms with Crippen molar-refractivity contribution in [1.29, 1.82) is 0 Å². The molecule has 0 bridgehead atoms. The number of anilines is 1. The molecule has 0 saturated carbocycles. The Morgan fingerprint density at radius 3 is 2.46 bits per heavy atom. The number of furan rings is 1. The first-order valence-corrected chi connectivity index (χ1v) is 11.2. The van der Waals surface area contributed by atoms with E-state index >= 15 is 0 Å². The molecule has 9 heteroatoms. The molecule has 1 fully saturated rings. The second-order valence-corrected chi connectivity index (χ2v) is 8.09. The van der Waals surface area contributed by atoms with Crippen LogP contribution in [-0.2, 0) is 6.54 Å². The summed E-state index contributed by atoms with van der Waals surface area (Å²) in [6, 6.07) is 16.9. The summed E-state index contributed by atoms with van der Waals surface area (Å²) in [6.45, 7) is 2.48. The van der Waals surface area contributed by atoms with Crippen molar-refractivity contribution >= 4 is 17.5 Å². The van der Waals surface area contributed by atoms with Crippen LogP contribution in [0, 0.1) is 5.82 Å². The van der Waals surface area contributed by atoms with Crippen LogP contribution in [-0.4, -0.2) is 47.9 Å². The first-order valence-electron chi connectivity index (χ1n) is 11.2. The molecule has 1 aliphatic rings. The van der Waals surface area contributed by atoms with Crippen molar-refractivity contribution in [1.82, 2.24) is 15.2 Å². The van der Waals surface area contributed by atoms with Crippen molar-refractivity contribution in [3.05, 3.63) is 96.2 Å². The highest BCUT2D eigenvalue weighted by atomic mass is 19.1. The molecular formula is C26H23FN4O4. The average molecular weight is 474 g/mol. The van der Waals surface area contributed by atoms with E-state index in [4.69, 9.17) is 8.83 Å². The minimum Gasteiger partial charge on any atom is -0.467 e. The third kappa shape index (κ3) is 4.79. The van der Waals surface area contributed by atoms with Crippen molar-refractivity contribution < 1.29 is 22.8 Å². The number of nitrogens with one attached hydrogen (secondary N) is 1. The van der Waals surface area contributed by atoms with Gasteiger partial charge in [-0.3, -0.25) is 9.59 Å². The van der Waals surface area contributed by atoms with Crippen molar-refractivity contribution in [2.24, 2.45) is 0 Å². The minimum atomic E-state index is -0.430. The van der Waals surface area contributed by atoms with Gasteiger partial charge in [0.15, 0.2) is 17.8 Å². The van der Waals surface area contributed by atoms with Gasteiger partial charge in [0.25, 0.3) is 11.8 Å². The quantitative estimate of drug-likeness (QED) is 0.455. The largest absolute Gasteiger partial charge is 0.467 e. The van der Waals surface area contributed by atoms with Crippen molar-refractivity contribution in [2.75, 3.05) is 31.1 Å². The summed E-state index contributed by atoms with van der Waals surface area (Å²) in [5.74, 6) is -0.0202. The molecule has 2 aromatic heterocycles. The number of carbonyl (C=O) groups excluding carboxylic acids is 2. The third-order valence-electron chi connectivity index (χ3n) is 5.95. The van der Waals surface area contributed by atoms with Crippen molar-refractivity contribution in [3.63, 3.8) is 0 Å². The van der Waals surface area contributed by atoms with Gasteiger partial charge in [0.1, 0.15) is 11.6 Å². The fourth-order valence-corrected chi connectivity index (χ4v) is 4.12. The van der Waals surface area contributed by atoms with E-state index in [2.05, 4.69) is 15.2 Å². The molecule has 2 aromatic carbocycles. The van der Waals surface area contributed by atoms with Gasteiger partial charge in [-0.1, -0.05) is 18.2 Å². The molecule has 178 valence electrons. The predicted octanol–water partition coefficient (Wildman–Crippen LogP) is 3.97. The smallest absolute Gasteiger partial charge is 0.274 e. The monoisotopic (exact) mass is 474 g/mol. The number of oxazole rings is 1. The maximum atomic E-state index is 13.4. The number of piperazine rings is 1. The van der Waals surface area contributed by atoms with E-state index in [1.54, 1.807) is 53.4 Å². The number of aromatic nitrogens is 1. The highest BCUT2D eigenvalue weighted by Crippen LogP contribution is 2.28. The second-order valence-electron chi connectivity index (χ2n) is 8.09. The van der Waals surface area contributed by atoms with Gasteiger partial charge in [-0.05, 0) is 42.5 Å². The lowest BCUT2D eigenvalue weighted by molar-refractivity contribution is 0.0747. The van der Waals surface area contributed by atoms with Gasteiger partial charge in [0.05, 0.1) is 18.4 Å². The molecule has 4 aromatic rings. The summed E-state index contributed by atoms with van der Waals surface area (Å²) >= 11 is 0. The SMILES string of the molecule is O=C(NCc1ccco1)c1ncoc1-c1ccccc1C(=O)N1CCN(c2ccc(F)cc2)CC1. The highest BCUT2D eigenvalue weighted by Gasteiger charge is 2.27. The summed E-state index contributed by atoms with van der Waals surface area (Å²) in [6.07, 6.45) is 2.73. The molecule has 0 spiro atoms. The molecule has 8 nitrogen and oxygen atoms in total. The maximum Gasteiger partial charge on any atom is 0.274 e. The molecule has 2 amide bonds. The van der Waals surface area contributed by atoms with Crippen LogP contribution in [0.1, 0.15) is 26.6 Å². The standard InChI is InChI=1S/C26H23FN4O4/c27-18-7-9-19(10-8-18)30-11-13-31(14-12-30)26(33)22-6-2-1-5-21(22)24-23(29-17-35-24)25(32)28-16-20-4-3-15-34-20/h1-10,15,17H,11-14,16H2,(H,28,32). The molecule has 1 N–H and O–H groups in total. The summed E-state index contributed by atoms with van der Waals surface area (Å²) in [5.41, 5.74) is 1.95. The van der Waals surface area contributed by atoms with Gasteiger partial charge in [-0.15, -0.1) is 0 Å².